The Morgan fingerprint density at radius 1 is 1.15 bits per heavy atom. The van der Waals surface area contributed by atoms with Crippen molar-refractivity contribution < 1.29 is 28.6 Å². The molecule has 26 heavy (non-hydrogen) atoms. The van der Waals surface area contributed by atoms with Crippen molar-refractivity contribution in [2.24, 2.45) is 0 Å². The van der Waals surface area contributed by atoms with Gasteiger partial charge >= 0.3 is 11.9 Å². The molecule has 1 atom stereocenters. The molecule has 1 aromatic carbocycles. The molecule has 1 amide bonds. The molecular formula is C19H29NO6. The Kier molecular flexibility index (Phi) is 11.7. The lowest BCUT2D eigenvalue weighted by Gasteiger charge is -2.14. The highest BCUT2D eigenvalue weighted by Crippen LogP contribution is 2.05. The van der Waals surface area contributed by atoms with Crippen molar-refractivity contribution in [1.82, 2.24) is 5.32 Å². The van der Waals surface area contributed by atoms with Crippen molar-refractivity contribution in [2.45, 2.75) is 51.9 Å². The Balaban J connectivity index is 0.000000896. The van der Waals surface area contributed by atoms with Crippen LogP contribution in [0.5, 0.6) is 0 Å². The summed E-state index contributed by atoms with van der Waals surface area (Å²) in [5, 5.41) is 2.34. The maximum Gasteiger partial charge on any atom is 0.328 e. The number of carbonyl (C=O) groups excluding carboxylic acids is 3. The summed E-state index contributed by atoms with van der Waals surface area (Å²) in [4.78, 5) is 33.3. The first-order chi connectivity index (χ1) is 12.2. The number of nitrogens with one attached hydrogen (secondary N) is 1. The average Bonchev–Trinajstić information content (AvgIpc) is 2.63. The van der Waals surface area contributed by atoms with Crippen LogP contribution in [0.15, 0.2) is 30.3 Å². The minimum Gasteiger partial charge on any atom is -0.469 e. The second-order valence-corrected chi connectivity index (χ2v) is 6.36. The number of carbonyl (C=O) groups is 3. The summed E-state index contributed by atoms with van der Waals surface area (Å²) in [6.07, 6.45) is 0.577. The molecule has 0 aliphatic heterocycles. The lowest BCUT2D eigenvalue weighted by molar-refractivity contribution is -0.149. The molecule has 0 bridgehead atoms. The molecule has 7 nitrogen and oxygen atoms in total. The van der Waals surface area contributed by atoms with Gasteiger partial charge in [-0.1, -0.05) is 30.3 Å². The summed E-state index contributed by atoms with van der Waals surface area (Å²) in [5.74, 6) is -1.02. The third-order valence-electron chi connectivity index (χ3n) is 3.25. The number of benzene rings is 1. The third kappa shape index (κ3) is 12.0. The van der Waals surface area contributed by atoms with E-state index in [9.17, 15) is 14.4 Å². The van der Waals surface area contributed by atoms with Gasteiger partial charge in [0.15, 0.2) is 0 Å². The zero-order valence-electron chi connectivity index (χ0n) is 16.1. The molecule has 1 N–H and O–H groups in total. The summed E-state index contributed by atoms with van der Waals surface area (Å²) in [5.41, 5.74) is 0.888. The number of amides is 1. The van der Waals surface area contributed by atoms with E-state index in [1.54, 1.807) is 7.11 Å². The van der Waals surface area contributed by atoms with Crippen LogP contribution in [0.4, 0.5) is 0 Å². The van der Waals surface area contributed by atoms with Crippen LogP contribution in [0.25, 0.3) is 0 Å². The molecule has 0 aromatic heterocycles. The number of hydrogen-bond donors (Lipinski definition) is 1. The predicted molar refractivity (Wildman–Crippen MR) is 97.2 cm³/mol. The normalized spacial score (nSPS) is 11.4. The Morgan fingerprint density at radius 2 is 1.73 bits per heavy atom. The zero-order valence-corrected chi connectivity index (χ0v) is 16.1. The molecular weight excluding hydrogens is 338 g/mol. The van der Waals surface area contributed by atoms with E-state index in [2.05, 4.69) is 10.1 Å². The van der Waals surface area contributed by atoms with Gasteiger partial charge in [-0.3, -0.25) is 9.59 Å². The molecule has 0 fully saturated rings. The van der Waals surface area contributed by atoms with E-state index in [1.807, 2.05) is 51.1 Å². The SMILES string of the molecule is COC(=O)CC[C@H](NC=O)C(=O)OCc1ccccc1.COC(C)(C)C. The molecule has 7 heteroatoms. The summed E-state index contributed by atoms with van der Waals surface area (Å²) in [6, 6.07) is 8.32. The molecule has 0 heterocycles. The van der Waals surface area contributed by atoms with Gasteiger partial charge in [0.2, 0.25) is 6.41 Å². The van der Waals surface area contributed by atoms with Gasteiger partial charge in [0.25, 0.3) is 0 Å². The first-order valence-corrected chi connectivity index (χ1v) is 8.25. The second kappa shape index (κ2) is 12.9. The molecule has 1 aromatic rings. The average molecular weight is 367 g/mol. The summed E-state index contributed by atoms with van der Waals surface area (Å²) in [7, 11) is 2.97. The van der Waals surface area contributed by atoms with Gasteiger partial charge in [-0.25, -0.2) is 4.79 Å². The molecule has 146 valence electrons. The van der Waals surface area contributed by atoms with Gasteiger partial charge in [0, 0.05) is 13.5 Å². The highest BCUT2D eigenvalue weighted by Gasteiger charge is 2.20. The van der Waals surface area contributed by atoms with Gasteiger partial charge in [-0.05, 0) is 32.8 Å². The molecule has 0 saturated heterocycles. The van der Waals surface area contributed by atoms with Crippen molar-refractivity contribution >= 4 is 18.3 Å². The van der Waals surface area contributed by atoms with E-state index >= 15 is 0 Å². The van der Waals surface area contributed by atoms with Gasteiger partial charge < -0.3 is 19.5 Å². The number of rotatable bonds is 8. The quantitative estimate of drug-likeness (QED) is 0.560. The number of ether oxygens (including phenoxy) is 3. The van der Waals surface area contributed by atoms with Crippen LogP contribution in [0.3, 0.4) is 0 Å². The van der Waals surface area contributed by atoms with Crippen molar-refractivity contribution in [2.75, 3.05) is 14.2 Å². The van der Waals surface area contributed by atoms with E-state index in [0.29, 0.717) is 6.41 Å². The predicted octanol–water partition coefficient (Wildman–Crippen LogP) is 2.23. The van der Waals surface area contributed by atoms with Gasteiger partial charge in [-0.2, -0.15) is 0 Å². The number of methoxy groups -OCH3 is 2. The molecule has 0 saturated carbocycles. The lowest BCUT2D eigenvalue weighted by atomic mass is 10.1. The minimum absolute atomic E-state index is 0.0302. The highest BCUT2D eigenvalue weighted by molar-refractivity contribution is 5.79. The second-order valence-electron chi connectivity index (χ2n) is 6.36. The van der Waals surface area contributed by atoms with E-state index in [1.165, 1.54) is 7.11 Å². The van der Waals surface area contributed by atoms with Crippen molar-refractivity contribution in [3.05, 3.63) is 35.9 Å². The van der Waals surface area contributed by atoms with Crippen molar-refractivity contribution in [1.29, 1.82) is 0 Å². The van der Waals surface area contributed by atoms with Crippen LogP contribution in [0.1, 0.15) is 39.2 Å². The molecule has 1 rings (SSSR count). The van der Waals surface area contributed by atoms with E-state index in [0.717, 1.165) is 5.56 Å². The smallest absolute Gasteiger partial charge is 0.328 e. The molecule has 0 radical (unpaired) electrons. The Hall–Kier alpha value is -2.41. The van der Waals surface area contributed by atoms with Crippen LogP contribution in [-0.4, -0.2) is 44.2 Å². The maximum absolute atomic E-state index is 11.8. The molecule has 0 spiro atoms. The standard InChI is InChI=1S/C14H17NO5.C5H12O/c1-19-13(17)8-7-12(15-10-16)14(18)20-9-11-5-3-2-4-6-11;1-5(2,3)6-4/h2-6,10,12H,7-9H2,1H3,(H,15,16);1-4H3/t12-;/m0./s1. The first kappa shape index (κ1) is 23.6. The fourth-order valence-electron chi connectivity index (χ4n) is 1.54. The number of hydrogen-bond acceptors (Lipinski definition) is 6. The van der Waals surface area contributed by atoms with E-state index < -0.39 is 18.0 Å². The van der Waals surface area contributed by atoms with Crippen LogP contribution in [-0.2, 0) is 35.2 Å². The van der Waals surface area contributed by atoms with E-state index in [-0.39, 0.29) is 25.0 Å². The molecule has 0 unspecified atom stereocenters. The monoisotopic (exact) mass is 367 g/mol. The fraction of sp³-hybridized carbons (Fsp3) is 0.526. The Morgan fingerprint density at radius 3 is 2.19 bits per heavy atom. The van der Waals surface area contributed by atoms with Crippen molar-refractivity contribution in [3.8, 4) is 0 Å². The summed E-state index contributed by atoms with van der Waals surface area (Å²) < 4.78 is 14.5. The van der Waals surface area contributed by atoms with Crippen LogP contribution >= 0.6 is 0 Å². The largest absolute Gasteiger partial charge is 0.469 e. The third-order valence-corrected chi connectivity index (χ3v) is 3.25. The zero-order chi connectivity index (χ0) is 20.0. The fourth-order valence-corrected chi connectivity index (χ4v) is 1.54. The van der Waals surface area contributed by atoms with Crippen LogP contribution < -0.4 is 5.32 Å². The molecule has 0 aliphatic carbocycles. The van der Waals surface area contributed by atoms with Crippen LogP contribution in [0, 0.1) is 0 Å². The van der Waals surface area contributed by atoms with E-state index in [4.69, 9.17) is 9.47 Å². The summed E-state index contributed by atoms with van der Waals surface area (Å²) >= 11 is 0. The maximum atomic E-state index is 11.8. The first-order valence-electron chi connectivity index (χ1n) is 8.25. The number of esters is 2. The minimum atomic E-state index is -0.852. The topological polar surface area (TPSA) is 90.9 Å². The van der Waals surface area contributed by atoms with Gasteiger partial charge in [0.05, 0.1) is 12.7 Å². The molecule has 0 aliphatic rings. The van der Waals surface area contributed by atoms with Crippen LogP contribution in [0.2, 0.25) is 0 Å². The van der Waals surface area contributed by atoms with Gasteiger partial charge in [-0.15, -0.1) is 0 Å². The Labute approximate surface area is 155 Å². The summed E-state index contributed by atoms with van der Waals surface area (Å²) in [6.45, 7) is 6.18. The van der Waals surface area contributed by atoms with Crippen molar-refractivity contribution in [3.63, 3.8) is 0 Å². The van der Waals surface area contributed by atoms with Gasteiger partial charge in [0.1, 0.15) is 12.6 Å². The highest BCUT2D eigenvalue weighted by atomic mass is 16.5. The lowest BCUT2D eigenvalue weighted by Crippen LogP contribution is -2.37. The Bertz CT molecular complexity index is 539.